The first-order valence-electron chi connectivity index (χ1n) is 6.92. The lowest BCUT2D eigenvalue weighted by molar-refractivity contribution is -0.156. The fourth-order valence-corrected chi connectivity index (χ4v) is 2.20. The molecule has 0 aliphatic heterocycles. The fraction of sp³-hybridized carbons (Fsp3) is 0.353. The lowest BCUT2D eigenvalue weighted by Crippen LogP contribution is -2.38. The molecule has 1 atom stereocenters. The molecule has 0 aliphatic rings. The van der Waals surface area contributed by atoms with Crippen molar-refractivity contribution in [1.29, 1.82) is 0 Å². The van der Waals surface area contributed by atoms with E-state index in [1.165, 1.54) is 6.07 Å². The van der Waals surface area contributed by atoms with Crippen molar-refractivity contribution in [3.05, 3.63) is 47.8 Å². The van der Waals surface area contributed by atoms with Crippen LogP contribution in [0.5, 0.6) is 0 Å². The summed E-state index contributed by atoms with van der Waals surface area (Å²) in [6.07, 6.45) is 0.315. The van der Waals surface area contributed by atoms with Crippen molar-refractivity contribution in [3.63, 3.8) is 0 Å². The maximum absolute atomic E-state index is 13.8. The molecule has 0 bridgehead atoms. The number of fused-ring (bicyclic) bond motifs is 1. The second kappa shape index (κ2) is 5.82. The Kier molecular flexibility index (Phi) is 4.28. The average Bonchev–Trinajstić information content (AvgIpc) is 2.40. The van der Waals surface area contributed by atoms with Crippen LogP contribution < -0.4 is 5.73 Å². The summed E-state index contributed by atoms with van der Waals surface area (Å²) in [7, 11) is 0. The van der Waals surface area contributed by atoms with Crippen LogP contribution in [0, 0.1) is 5.82 Å². The van der Waals surface area contributed by atoms with Gasteiger partial charge in [0, 0.05) is 5.39 Å². The SMILES string of the molecule is CC(C)(C)OC(=O)[C@H](N)Cc1ccc(F)c2ccccc12. The topological polar surface area (TPSA) is 52.3 Å². The van der Waals surface area contributed by atoms with Crippen LogP contribution in [0.3, 0.4) is 0 Å². The zero-order chi connectivity index (χ0) is 15.6. The number of halogens is 1. The molecule has 112 valence electrons. The molecular weight excluding hydrogens is 269 g/mol. The Morgan fingerprint density at radius 2 is 1.81 bits per heavy atom. The number of carbonyl (C=O) groups is 1. The van der Waals surface area contributed by atoms with Crippen LogP contribution in [0.1, 0.15) is 26.3 Å². The van der Waals surface area contributed by atoms with Gasteiger partial charge in [-0.05, 0) is 44.2 Å². The van der Waals surface area contributed by atoms with Gasteiger partial charge in [-0.1, -0.05) is 30.3 Å². The van der Waals surface area contributed by atoms with Crippen molar-refractivity contribution in [2.75, 3.05) is 0 Å². The van der Waals surface area contributed by atoms with E-state index in [-0.39, 0.29) is 5.82 Å². The van der Waals surface area contributed by atoms with Gasteiger partial charge in [-0.25, -0.2) is 4.39 Å². The van der Waals surface area contributed by atoms with E-state index in [2.05, 4.69) is 0 Å². The number of benzene rings is 2. The Labute approximate surface area is 123 Å². The fourth-order valence-electron chi connectivity index (χ4n) is 2.20. The van der Waals surface area contributed by atoms with Crippen LogP contribution in [-0.2, 0) is 16.0 Å². The molecular formula is C17H20FNO2. The Balaban J connectivity index is 2.24. The summed E-state index contributed by atoms with van der Waals surface area (Å²) >= 11 is 0. The van der Waals surface area contributed by atoms with E-state index in [4.69, 9.17) is 10.5 Å². The van der Waals surface area contributed by atoms with Gasteiger partial charge in [0.25, 0.3) is 0 Å². The van der Waals surface area contributed by atoms with Crippen LogP contribution in [0.4, 0.5) is 4.39 Å². The van der Waals surface area contributed by atoms with Gasteiger partial charge in [0.2, 0.25) is 0 Å². The number of nitrogens with two attached hydrogens (primary N) is 1. The predicted molar refractivity (Wildman–Crippen MR) is 81.4 cm³/mol. The predicted octanol–water partition coefficient (Wildman–Crippen LogP) is 3.19. The van der Waals surface area contributed by atoms with Gasteiger partial charge in [-0.15, -0.1) is 0 Å². The third kappa shape index (κ3) is 3.79. The summed E-state index contributed by atoms with van der Waals surface area (Å²) in [5.74, 6) is -0.726. The highest BCUT2D eigenvalue weighted by molar-refractivity contribution is 5.87. The summed E-state index contributed by atoms with van der Waals surface area (Å²) in [5.41, 5.74) is 6.19. The highest BCUT2D eigenvalue weighted by Crippen LogP contribution is 2.23. The van der Waals surface area contributed by atoms with Gasteiger partial charge in [-0.3, -0.25) is 4.79 Å². The van der Waals surface area contributed by atoms with Crippen molar-refractivity contribution in [3.8, 4) is 0 Å². The summed E-state index contributed by atoms with van der Waals surface area (Å²) in [6.45, 7) is 5.39. The molecule has 2 N–H and O–H groups in total. The van der Waals surface area contributed by atoms with E-state index in [1.54, 1.807) is 39.0 Å². The molecule has 4 heteroatoms. The standard InChI is InChI=1S/C17H20FNO2/c1-17(2,3)21-16(20)15(19)10-11-8-9-14(18)13-7-5-4-6-12(11)13/h4-9,15H,10,19H2,1-3H3/t15-/m1/s1. The third-order valence-corrected chi connectivity index (χ3v) is 3.11. The first kappa shape index (κ1) is 15.4. The Hall–Kier alpha value is -1.94. The molecule has 0 heterocycles. The molecule has 2 rings (SSSR count). The van der Waals surface area contributed by atoms with Crippen LogP contribution in [-0.4, -0.2) is 17.6 Å². The number of hydrogen-bond acceptors (Lipinski definition) is 3. The minimum atomic E-state index is -0.766. The zero-order valence-corrected chi connectivity index (χ0v) is 12.5. The van der Waals surface area contributed by atoms with E-state index in [0.717, 1.165) is 10.9 Å². The molecule has 0 spiro atoms. The van der Waals surface area contributed by atoms with E-state index >= 15 is 0 Å². The molecule has 0 amide bonds. The van der Waals surface area contributed by atoms with Gasteiger partial charge >= 0.3 is 5.97 Å². The molecule has 2 aromatic carbocycles. The number of hydrogen-bond donors (Lipinski definition) is 1. The van der Waals surface area contributed by atoms with Crippen LogP contribution in [0.2, 0.25) is 0 Å². The molecule has 0 unspecified atom stereocenters. The van der Waals surface area contributed by atoms with Gasteiger partial charge in [0.1, 0.15) is 17.5 Å². The third-order valence-electron chi connectivity index (χ3n) is 3.11. The number of ether oxygens (including phenoxy) is 1. The summed E-state index contributed by atoms with van der Waals surface area (Å²) < 4.78 is 19.0. The summed E-state index contributed by atoms with van der Waals surface area (Å²) in [6, 6.07) is 9.47. The number of carbonyl (C=O) groups excluding carboxylic acids is 1. The van der Waals surface area contributed by atoms with Gasteiger partial charge in [-0.2, -0.15) is 0 Å². The van der Waals surface area contributed by atoms with Crippen molar-refractivity contribution in [2.45, 2.75) is 38.8 Å². The molecule has 0 radical (unpaired) electrons. The van der Waals surface area contributed by atoms with Crippen molar-refractivity contribution in [1.82, 2.24) is 0 Å². The Morgan fingerprint density at radius 3 is 2.43 bits per heavy atom. The zero-order valence-electron chi connectivity index (χ0n) is 12.5. The molecule has 0 aliphatic carbocycles. The quantitative estimate of drug-likeness (QED) is 0.883. The number of rotatable bonds is 3. The Morgan fingerprint density at radius 1 is 1.19 bits per heavy atom. The highest BCUT2D eigenvalue weighted by Gasteiger charge is 2.23. The van der Waals surface area contributed by atoms with Gasteiger partial charge in [0.15, 0.2) is 0 Å². The second-order valence-corrected chi connectivity index (χ2v) is 6.10. The van der Waals surface area contributed by atoms with Gasteiger partial charge in [0.05, 0.1) is 0 Å². The smallest absolute Gasteiger partial charge is 0.323 e. The maximum atomic E-state index is 13.8. The average molecular weight is 289 g/mol. The summed E-state index contributed by atoms with van der Waals surface area (Å²) in [4.78, 5) is 11.9. The molecule has 0 fully saturated rings. The molecule has 3 nitrogen and oxygen atoms in total. The van der Waals surface area contributed by atoms with E-state index in [0.29, 0.717) is 11.8 Å². The summed E-state index contributed by atoms with van der Waals surface area (Å²) in [5, 5.41) is 1.31. The van der Waals surface area contributed by atoms with E-state index in [9.17, 15) is 9.18 Å². The largest absolute Gasteiger partial charge is 0.459 e. The molecule has 0 saturated carbocycles. The highest BCUT2D eigenvalue weighted by atomic mass is 19.1. The van der Waals surface area contributed by atoms with Crippen LogP contribution in [0.15, 0.2) is 36.4 Å². The molecule has 0 saturated heterocycles. The minimum Gasteiger partial charge on any atom is -0.459 e. The van der Waals surface area contributed by atoms with Crippen molar-refractivity contribution >= 4 is 16.7 Å². The van der Waals surface area contributed by atoms with Crippen LogP contribution in [0.25, 0.3) is 10.8 Å². The lowest BCUT2D eigenvalue weighted by atomic mass is 9.98. The van der Waals surface area contributed by atoms with Crippen molar-refractivity contribution < 1.29 is 13.9 Å². The van der Waals surface area contributed by atoms with Gasteiger partial charge < -0.3 is 10.5 Å². The molecule has 0 aromatic heterocycles. The molecule has 2 aromatic rings. The first-order chi connectivity index (χ1) is 9.78. The van der Waals surface area contributed by atoms with E-state index in [1.807, 2.05) is 12.1 Å². The minimum absolute atomic E-state index is 0.278. The Bertz CT molecular complexity index is 661. The lowest BCUT2D eigenvalue weighted by Gasteiger charge is -2.22. The molecule has 21 heavy (non-hydrogen) atoms. The monoisotopic (exact) mass is 289 g/mol. The van der Waals surface area contributed by atoms with Crippen molar-refractivity contribution in [2.24, 2.45) is 5.73 Å². The number of esters is 1. The second-order valence-electron chi connectivity index (χ2n) is 6.10. The normalized spacial score (nSPS) is 13.2. The van der Waals surface area contributed by atoms with E-state index < -0.39 is 17.6 Å². The van der Waals surface area contributed by atoms with Crippen LogP contribution >= 0.6 is 0 Å². The maximum Gasteiger partial charge on any atom is 0.323 e. The first-order valence-corrected chi connectivity index (χ1v) is 6.92.